The highest BCUT2D eigenvalue weighted by Crippen LogP contribution is 2.37. The molecular formula is C33H28Br2N2O4. The third kappa shape index (κ3) is 8.00. The molecular weight excluding hydrogens is 648 g/mol. The molecule has 0 saturated carbocycles. The van der Waals surface area contributed by atoms with E-state index in [1.807, 2.05) is 86.6 Å². The maximum atomic E-state index is 12.8. The largest absolute Gasteiger partial charge is 0.493 e. The van der Waals surface area contributed by atoms with E-state index in [2.05, 4.69) is 37.2 Å². The van der Waals surface area contributed by atoms with Gasteiger partial charge in [0.25, 0.3) is 5.91 Å². The maximum absolute atomic E-state index is 12.8. The Bertz CT molecular complexity index is 1610. The second-order valence-electron chi connectivity index (χ2n) is 9.30. The minimum Gasteiger partial charge on any atom is -0.493 e. The number of methoxy groups -OCH3 is 1. The number of nitrogens with zero attached hydrogens (tertiary/aromatic N) is 1. The quantitative estimate of drug-likeness (QED) is 0.135. The molecule has 41 heavy (non-hydrogen) atoms. The van der Waals surface area contributed by atoms with Crippen LogP contribution in [0.3, 0.4) is 0 Å². The number of anilines is 1. The van der Waals surface area contributed by atoms with Crippen LogP contribution in [0.25, 0.3) is 6.08 Å². The molecule has 4 aromatic rings. The monoisotopic (exact) mass is 674 g/mol. The summed E-state index contributed by atoms with van der Waals surface area (Å²) in [5, 5.41) is 12.5. The maximum Gasteiger partial charge on any atom is 0.266 e. The van der Waals surface area contributed by atoms with E-state index in [-0.39, 0.29) is 12.2 Å². The molecule has 0 aliphatic carbocycles. The van der Waals surface area contributed by atoms with Gasteiger partial charge in [-0.3, -0.25) is 4.79 Å². The van der Waals surface area contributed by atoms with E-state index in [4.69, 9.17) is 14.2 Å². The summed E-state index contributed by atoms with van der Waals surface area (Å²) >= 11 is 7.12. The Morgan fingerprint density at radius 1 is 0.878 bits per heavy atom. The molecule has 0 bridgehead atoms. The molecule has 4 rings (SSSR count). The number of carbonyl (C=O) groups is 1. The summed E-state index contributed by atoms with van der Waals surface area (Å²) in [6.07, 6.45) is 1.54. The summed E-state index contributed by atoms with van der Waals surface area (Å²) in [5.41, 5.74) is 5.29. The number of hydrogen-bond acceptors (Lipinski definition) is 5. The second-order valence-corrected chi connectivity index (χ2v) is 11.0. The lowest BCUT2D eigenvalue weighted by Gasteiger charge is -2.14. The molecule has 0 heterocycles. The molecule has 0 aliphatic rings. The van der Waals surface area contributed by atoms with E-state index >= 15 is 0 Å². The van der Waals surface area contributed by atoms with Crippen LogP contribution >= 0.6 is 31.9 Å². The molecule has 0 aliphatic heterocycles. The smallest absolute Gasteiger partial charge is 0.266 e. The molecule has 1 amide bonds. The van der Waals surface area contributed by atoms with Gasteiger partial charge in [-0.1, -0.05) is 54.1 Å². The van der Waals surface area contributed by atoms with Gasteiger partial charge in [-0.25, -0.2) is 0 Å². The SMILES string of the molecule is COc1cc(COc2c(Br)cc(/C=C(\C#N)C(=O)Nc3ccc(C)cc3C)cc2Br)ccc1OCc1ccccc1. The average molecular weight is 676 g/mol. The van der Waals surface area contributed by atoms with Crippen molar-refractivity contribution in [2.45, 2.75) is 27.1 Å². The van der Waals surface area contributed by atoms with E-state index in [0.29, 0.717) is 44.1 Å². The van der Waals surface area contributed by atoms with Crippen molar-refractivity contribution in [2.24, 2.45) is 0 Å². The fourth-order valence-corrected chi connectivity index (χ4v) is 5.52. The van der Waals surface area contributed by atoms with E-state index in [1.165, 1.54) is 6.08 Å². The highest BCUT2D eigenvalue weighted by Gasteiger charge is 2.14. The van der Waals surface area contributed by atoms with Gasteiger partial charge < -0.3 is 19.5 Å². The van der Waals surface area contributed by atoms with Gasteiger partial charge in [0.2, 0.25) is 0 Å². The minimum atomic E-state index is -0.475. The Balaban J connectivity index is 1.44. The molecule has 0 radical (unpaired) electrons. The zero-order valence-corrected chi connectivity index (χ0v) is 26.0. The van der Waals surface area contributed by atoms with Crippen molar-refractivity contribution in [2.75, 3.05) is 12.4 Å². The van der Waals surface area contributed by atoms with Crippen LogP contribution in [0.1, 0.15) is 27.8 Å². The standard InChI is InChI=1S/C33H28Br2N2O4/c1-21-9-11-29(22(2)13-21)37-33(38)26(18-36)14-25-15-27(34)32(28(35)16-25)41-20-24-10-12-30(31(17-24)39-3)40-19-23-7-5-4-6-8-23/h4-17H,19-20H2,1-3H3,(H,37,38)/b26-14+. The third-order valence-electron chi connectivity index (χ3n) is 6.18. The van der Waals surface area contributed by atoms with Gasteiger partial charge in [0.15, 0.2) is 11.5 Å². The first-order valence-corrected chi connectivity index (χ1v) is 14.3. The van der Waals surface area contributed by atoms with Crippen LogP contribution < -0.4 is 19.5 Å². The van der Waals surface area contributed by atoms with E-state index in [0.717, 1.165) is 22.3 Å². The molecule has 6 nitrogen and oxygen atoms in total. The van der Waals surface area contributed by atoms with Crippen molar-refractivity contribution in [3.63, 3.8) is 0 Å². The van der Waals surface area contributed by atoms with Gasteiger partial charge in [0.05, 0.1) is 16.1 Å². The summed E-state index contributed by atoms with van der Waals surface area (Å²) in [7, 11) is 1.60. The number of ether oxygens (including phenoxy) is 3. The van der Waals surface area contributed by atoms with Crippen LogP contribution in [-0.4, -0.2) is 13.0 Å². The molecule has 0 atom stereocenters. The molecule has 0 fully saturated rings. The molecule has 0 spiro atoms. The predicted octanol–water partition coefficient (Wildman–Crippen LogP) is 8.54. The van der Waals surface area contributed by atoms with Crippen molar-refractivity contribution in [3.05, 3.63) is 121 Å². The number of nitriles is 1. The average Bonchev–Trinajstić information content (AvgIpc) is 2.96. The first-order valence-electron chi connectivity index (χ1n) is 12.7. The first kappa shape index (κ1) is 29.9. The summed E-state index contributed by atoms with van der Waals surface area (Å²) in [5.74, 6) is 1.37. The van der Waals surface area contributed by atoms with Crippen molar-refractivity contribution >= 4 is 49.5 Å². The van der Waals surface area contributed by atoms with Crippen LogP contribution in [0.2, 0.25) is 0 Å². The first-order chi connectivity index (χ1) is 19.8. The van der Waals surface area contributed by atoms with Gasteiger partial charge in [0.1, 0.15) is 30.6 Å². The Morgan fingerprint density at radius 2 is 1.59 bits per heavy atom. The van der Waals surface area contributed by atoms with Crippen LogP contribution in [0.5, 0.6) is 17.2 Å². The fraction of sp³-hybridized carbons (Fsp3) is 0.152. The Kier molecular flexibility index (Phi) is 10.2. The number of carbonyl (C=O) groups excluding carboxylic acids is 1. The molecule has 1 N–H and O–H groups in total. The number of rotatable bonds is 10. The lowest BCUT2D eigenvalue weighted by Crippen LogP contribution is -2.14. The number of amides is 1. The number of benzene rings is 4. The Hall–Kier alpha value is -4.06. The van der Waals surface area contributed by atoms with Crippen LogP contribution in [0.15, 0.2) is 93.4 Å². The van der Waals surface area contributed by atoms with Gasteiger partial charge in [0, 0.05) is 5.69 Å². The number of nitrogens with one attached hydrogen (secondary N) is 1. The van der Waals surface area contributed by atoms with Crippen LogP contribution in [-0.2, 0) is 18.0 Å². The summed E-state index contributed by atoms with van der Waals surface area (Å²) in [6, 6.07) is 26.9. The Morgan fingerprint density at radius 3 is 2.24 bits per heavy atom. The molecule has 0 aromatic heterocycles. The second kappa shape index (κ2) is 14.0. The number of hydrogen-bond donors (Lipinski definition) is 1. The number of halogens is 2. The van der Waals surface area contributed by atoms with Crippen molar-refractivity contribution in [1.29, 1.82) is 5.26 Å². The molecule has 208 valence electrons. The zero-order chi connectivity index (χ0) is 29.4. The fourth-order valence-electron chi connectivity index (χ4n) is 4.07. The van der Waals surface area contributed by atoms with Crippen molar-refractivity contribution in [3.8, 4) is 23.3 Å². The number of aryl methyl sites for hydroxylation is 2. The van der Waals surface area contributed by atoms with Crippen LogP contribution in [0.4, 0.5) is 5.69 Å². The van der Waals surface area contributed by atoms with Crippen LogP contribution in [0, 0.1) is 25.2 Å². The van der Waals surface area contributed by atoms with Crippen molar-refractivity contribution < 1.29 is 19.0 Å². The summed E-state index contributed by atoms with van der Waals surface area (Å²) < 4.78 is 18.9. The van der Waals surface area contributed by atoms with Gasteiger partial charge in [-0.2, -0.15) is 5.26 Å². The third-order valence-corrected chi connectivity index (χ3v) is 7.35. The molecule has 8 heteroatoms. The predicted molar refractivity (Wildman–Crippen MR) is 168 cm³/mol. The lowest BCUT2D eigenvalue weighted by atomic mass is 10.1. The van der Waals surface area contributed by atoms with E-state index in [1.54, 1.807) is 19.2 Å². The highest BCUT2D eigenvalue weighted by molar-refractivity contribution is 9.11. The topological polar surface area (TPSA) is 80.6 Å². The zero-order valence-electron chi connectivity index (χ0n) is 22.8. The van der Waals surface area contributed by atoms with Gasteiger partial charge in [-0.15, -0.1) is 0 Å². The van der Waals surface area contributed by atoms with E-state index < -0.39 is 5.91 Å². The lowest BCUT2D eigenvalue weighted by molar-refractivity contribution is -0.112. The van der Waals surface area contributed by atoms with E-state index in [9.17, 15) is 10.1 Å². The van der Waals surface area contributed by atoms with Gasteiger partial charge in [-0.05, 0) is 104 Å². The summed E-state index contributed by atoms with van der Waals surface area (Å²) in [4.78, 5) is 12.8. The Labute approximate surface area is 256 Å². The molecule has 0 unspecified atom stereocenters. The highest BCUT2D eigenvalue weighted by atomic mass is 79.9. The molecule has 0 saturated heterocycles. The van der Waals surface area contributed by atoms with Crippen molar-refractivity contribution in [1.82, 2.24) is 0 Å². The minimum absolute atomic E-state index is 0.0147. The summed E-state index contributed by atoms with van der Waals surface area (Å²) in [6.45, 7) is 4.62. The molecule has 4 aromatic carbocycles. The van der Waals surface area contributed by atoms with Gasteiger partial charge >= 0.3 is 0 Å². The normalized spacial score (nSPS) is 11.0.